The molecule has 3 aromatic carbocycles. The van der Waals surface area contributed by atoms with E-state index >= 15 is 0 Å². The zero-order valence-electron chi connectivity index (χ0n) is 14.2. The minimum absolute atomic E-state index is 0.167. The lowest BCUT2D eigenvalue weighted by Gasteiger charge is -2.25. The van der Waals surface area contributed by atoms with Crippen LogP contribution in [0.3, 0.4) is 0 Å². The number of anilines is 3. The highest BCUT2D eigenvalue weighted by atomic mass is 16.4. The summed E-state index contributed by atoms with van der Waals surface area (Å²) in [6.07, 6.45) is 2.95. The maximum absolute atomic E-state index is 11.1. The quantitative estimate of drug-likeness (QED) is 0.454. The van der Waals surface area contributed by atoms with E-state index in [0.717, 1.165) is 22.6 Å². The number of hydrogen-bond acceptors (Lipinski definition) is 2. The minimum Gasteiger partial charge on any atom is -0.478 e. The first-order valence-corrected chi connectivity index (χ1v) is 8.27. The number of carboxylic acid groups (broad SMARTS) is 1. The molecule has 0 aliphatic heterocycles. The Balaban J connectivity index is 2.01. The molecule has 0 saturated carbocycles. The predicted molar refractivity (Wildman–Crippen MR) is 107 cm³/mol. The second-order valence-electron chi connectivity index (χ2n) is 5.71. The molecule has 0 saturated heterocycles. The Morgan fingerprint density at radius 3 is 1.65 bits per heavy atom. The maximum atomic E-state index is 11.1. The number of aliphatic carboxylic acids is 1. The van der Waals surface area contributed by atoms with Crippen molar-refractivity contribution in [3.05, 3.63) is 109 Å². The highest BCUT2D eigenvalue weighted by Gasteiger charge is 2.11. The summed E-state index contributed by atoms with van der Waals surface area (Å²) < 4.78 is 0. The third-order valence-electron chi connectivity index (χ3n) is 3.97. The molecule has 3 heteroatoms. The fourth-order valence-corrected chi connectivity index (χ4v) is 2.71. The summed E-state index contributed by atoms with van der Waals surface area (Å²) in [5.74, 6) is -0.987. The molecule has 3 aromatic rings. The van der Waals surface area contributed by atoms with E-state index in [-0.39, 0.29) is 5.57 Å². The van der Waals surface area contributed by atoms with Crippen LogP contribution in [0.5, 0.6) is 0 Å². The standard InChI is InChI=1S/C23H19NO2/c1-2-19(23(25)26)17-18-13-15-22(16-14-18)24(20-9-5-3-6-10-20)21-11-7-4-8-12-21/h2-17H,1H2,(H,25,26). The van der Waals surface area contributed by atoms with Gasteiger partial charge in [-0.15, -0.1) is 0 Å². The smallest absolute Gasteiger partial charge is 0.335 e. The topological polar surface area (TPSA) is 40.5 Å². The van der Waals surface area contributed by atoms with Crippen molar-refractivity contribution in [3.63, 3.8) is 0 Å². The lowest BCUT2D eigenvalue weighted by atomic mass is 10.1. The van der Waals surface area contributed by atoms with Crippen LogP contribution in [-0.4, -0.2) is 11.1 Å². The maximum Gasteiger partial charge on any atom is 0.335 e. The molecule has 128 valence electrons. The largest absolute Gasteiger partial charge is 0.478 e. The second kappa shape index (κ2) is 7.99. The van der Waals surface area contributed by atoms with Gasteiger partial charge in [0.05, 0.1) is 5.57 Å². The number of hydrogen-bond donors (Lipinski definition) is 1. The molecule has 0 bridgehead atoms. The van der Waals surface area contributed by atoms with E-state index in [2.05, 4.69) is 35.7 Å². The van der Waals surface area contributed by atoms with E-state index in [0.29, 0.717) is 0 Å². The van der Waals surface area contributed by atoms with Crippen molar-refractivity contribution in [1.82, 2.24) is 0 Å². The van der Waals surface area contributed by atoms with Gasteiger partial charge in [-0.05, 0) is 48.0 Å². The van der Waals surface area contributed by atoms with E-state index in [1.165, 1.54) is 6.08 Å². The van der Waals surface area contributed by atoms with Gasteiger partial charge in [-0.1, -0.05) is 61.2 Å². The van der Waals surface area contributed by atoms with Crippen molar-refractivity contribution in [3.8, 4) is 0 Å². The Morgan fingerprint density at radius 1 is 0.769 bits per heavy atom. The molecule has 3 rings (SSSR count). The summed E-state index contributed by atoms with van der Waals surface area (Å²) in [7, 11) is 0. The van der Waals surface area contributed by atoms with Gasteiger partial charge in [-0.3, -0.25) is 0 Å². The number of benzene rings is 3. The minimum atomic E-state index is -0.987. The van der Waals surface area contributed by atoms with Gasteiger partial charge in [0.1, 0.15) is 0 Å². The number of para-hydroxylation sites is 2. The molecular formula is C23H19NO2. The molecule has 0 spiro atoms. The normalized spacial score (nSPS) is 11.0. The van der Waals surface area contributed by atoms with Gasteiger partial charge in [-0.2, -0.15) is 0 Å². The zero-order chi connectivity index (χ0) is 18.4. The molecule has 0 heterocycles. The molecule has 0 aliphatic carbocycles. The first-order valence-electron chi connectivity index (χ1n) is 8.27. The molecular weight excluding hydrogens is 322 g/mol. The first-order chi connectivity index (χ1) is 12.7. The fraction of sp³-hybridized carbons (Fsp3) is 0. The summed E-state index contributed by atoms with van der Waals surface area (Å²) >= 11 is 0. The summed E-state index contributed by atoms with van der Waals surface area (Å²) in [5, 5.41) is 9.13. The highest BCUT2D eigenvalue weighted by molar-refractivity contribution is 5.95. The second-order valence-corrected chi connectivity index (χ2v) is 5.71. The van der Waals surface area contributed by atoms with Crippen LogP contribution in [0.1, 0.15) is 5.56 Å². The van der Waals surface area contributed by atoms with Crippen molar-refractivity contribution in [2.75, 3.05) is 4.90 Å². The van der Waals surface area contributed by atoms with Gasteiger partial charge in [0, 0.05) is 17.1 Å². The van der Waals surface area contributed by atoms with E-state index in [1.807, 2.05) is 60.7 Å². The molecule has 0 unspecified atom stereocenters. The Kier molecular flexibility index (Phi) is 5.30. The summed E-state index contributed by atoms with van der Waals surface area (Å²) in [6, 6.07) is 28.0. The van der Waals surface area contributed by atoms with E-state index < -0.39 is 5.97 Å². The van der Waals surface area contributed by atoms with Gasteiger partial charge in [-0.25, -0.2) is 4.79 Å². The third-order valence-corrected chi connectivity index (χ3v) is 3.97. The number of nitrogens with zero attached hydrogens (tertiary/aromatic N) is 1. The average molecular weight is 341 g/mol. The van der Waals surface area contributed by atoms with Crippen molar-refractivity contribution in [2.45, 2.75) is 0 Å². The SMILES string of the molecule is C=CC(=Cc1ccc(N(c2ccccc2)c2ccccc2)cc1)C(=O)O. The summed E-state index contributed by atoms with van der Waals surface area (Å²) in [5.41, 5.74) is 4.08. The Labute approximate surface area is 153 Å². The van der Waals surface area contributed by atoms with Crippen LogP contribution in [0.2, 0.25) is 0 Å². The monoisotopic (exact) mass is 341 g/mol. The zero-order valence-corrected chi connectivity index (χ0v) is 14.2. The van der Waals surface area contributed by atoms with Crippen LogP contribution >= 0.6 is 0 Å². The lowest BCUT2D eigenvalue weighted by Crippen LogP contribution is -2.09. The average Bonchev–Trinajstić information content (AvgIpc) is 2.69. The number of carbonyl (C=O) groups is 1. The van der Waals surface area contributed by atoms with E-state index in [4.69, 9.17) is 5.11 Å². The molecule has 0 atom stereocenters. The van der Waals surface area contributed by atoms with Crippen LogP contribution < -0.4 is 4.90 Å². The third kappa shape index (κ3) is 3.90. The summed E-state index contributed by atoms with van der Waals surface area (Å²) in [6.45, 7) is 3.55. The van der Waals surface area contributed by atoms with Crippen molar-refractivity contribution in [1.29, 1.82) is 0 Å². The van der Waals surface area contributed by atoms with Gasteiger partial charge < -0.3 is 10.0 Å². The Morgan fingerprint density at radius 2 is 1.23 bits per heavy atom. The van der Waals surface area contributed by atoms with Gasteiger partial charge in [0.2, 0.25) is 0 Å². The van der Waals surface area contributed by atoms with Crippen LogP contribution in [0.25, 0.3) is 6.08 Å². The lowest BCUT2D eigenvalue weighted by molar-refractivity contribution is -0.132. The molecule has 0 fully saturated rings. The summed E-state index contributed by atoms with van der Waals surface area (Å²) in [4.78, 5) is 13.3. The van der Waals surface area contributed by atoms with Gasteiger partial charge in [0.25, 0.3) is 0 Å². The molecule has 1 N–H and O–H groups in total. The van der Waals surface area contributed by atoms with Gasteiger partial charge >= 0.3 is 5.97 Å². The number of rotatable bonds is 6. The first kappa shape index (κ1) is 17.2. The number of carboxylic acids is 1. The van der Waals surface area contributed by atoms with Crippen molar-refractivity contribution < 1.29 is 9.90 Å². The predicted octanol–water partition coefficient (Wildman–Crippen LogP) is 5.81. The van der Waals surface area contributed by atoms with E-state index in [1.54, 1.807) is 6.08 Å². The van der Waals surface area contributed by atoms with Crippen LogP contribution in [0.15, 0.2) is 103 Å². The molecule has 3 nitrogen and oxygen atoms in total. The fourth-order valence-electron chi connectivity index (χ4n) is 2.71. The van der Waals surface area contributed by atoms with Gasteiger partial charge in [0.15, 0.2) is 0 Å². The Hall–Kier alpha value is -3.59. The van der Waals surface area contributed by atoms with Crippen LogP contribution in [0, 0.1) is 0 Å². The molecule has 0 radical (unpaired) electrons. The van der Waals surface area contributed by atoms with E-state index in [9.17, 15) is 4.79 Å². The molecule has 0 aromatic heterocycles. The van der Waals surface area contributed by atoms with Crippen LogP contribution in [0.4, 0.5) is 17.1 Å². The highest BCUT2D eigenvalue weighted by Crippen LogP contribution is 2.34. The Bertz CT molecular complexity index is 874. The van der Waals surface area contributed by atoms with Crippen LogP contribution in [-0.2, 0) is 4.79 Å². The molecule has 26 heavy (non-hydrogen) atoms. The molecule has 0 aliphatic rings. The molecule has 0 amide bonds. The van der Waals surface area contributed by atoms with Crippen molar-refractivity contribution in [2.24, 2.45) is 0 Å². The van der Waals surface area contributed by atoms with Crippen molar-refractivity contribution >= 4 is 29.1 Å².